The lowest BCUT2D eigenvalue weighted by atomic mass is 10.0. The van der Waals surface area contributed by atoms with Crippen molar-refractivity contribution in [2.45, 2.75) is 71.6 Å². The lowest BCUT2D eigenvalue weighted by Crippen LogP contribution is -2.57. The summed E-state index contributed by atoms with van der Waals surface area (Å²) >= 11 is 0. The average molecular weight is 503 g/mol. The van der Waals surface area contributed by atoms with E-state index in [0.717, 1.165) is 0 Å². The van der Waals surface area contributed by atoms with E-state index >= 15 is 0 Å². The van der Waals surface area contributed by atoms with Gasteiger partial charge in [0.2, 0.25) is 23.6 Å². The molecule has 5 amide bonds. The molecule has 1 aliphatic heterocycles. The Morgan fingerprint density at radius 1 is 0.972 bits per heavy atom. The zero-order valence-electron chi connectivity index (χ0n) is 21.2. The lowest BCUT2D eigenvalue weighted by molar-refractivity contribution is -0.142. The van der Waals surface area contributed by atoms with Crippen LogP contribution in [0.25, 0.3) is 0 Å². The van der Waals surface area contributed by atoms with Crippen LogP contribution in [0, 0.1) is 10.8 Å². The van der Waals surface area contributed by atoms with Crippen molar-refractivity contribution in [3.8, 4) is 0 Å². The molecule has 0 aliphatic carbocycles. The summed E-state index contributed by atoms with van der Waals surface area (Å²) in [7, 11) is 0. The van der Waals surface area contributed by atoms with Crippen molar-refractivity contribution in [1.29, 1.82) is 0 Å². The fourth-order valence-electron chi connectivity index (χ4n) is 4.00. The Labute approximate surface area is 210 Å². The second-order valence-corrected chi connectivity index (χ2v) is 9.14. The first kappa shape index (κ1) is 28.4. The summed E-state index contributed by atoms with van der Waals surface area (Å²) < 4.78 is 0. The van der Waals surface area contributed by atoms with Gasteiger partial charge in [-0.05, 0) is 44.7 Å². The third kappa shape index (κ3) is 7.09. The van der Waals surface area contributed by atoms with Crippen molar-refractivity contribution in [3.05, 3.63) is 35.2 Å². The fourth-order valence-corrected chi connectivity index (χ4v) is 4.00. The molecule has 0 bridgehead atoms. The summed E-state index contributed by atoms with van der Waals surface area (Å²) in [6.07, 6.45) is 0.951. The van der Waals surface area contributed by atoms with E-state index in [0.29, 0.717) is 24.4 Å². The number of nitrogens with zero attached hydrogens (tertiary/aromatic N) is 3. The van der Waals surface area contributed by atoms with E-state index in [9.17, 15) is 28.9 Å². The number of anilines is 1. The Morgan fingerprint density at radius 3 is 2.17 bits per heavy atom. The van der Waals surface area contributed by atoms with Gasteiger partial charge in [-0.25, -0.2) is 0 Å². The molecule has 2 rings (SSSR count). The Kier molecular flexibility index (Phi) is 10.1. The van der Waals surface area contributed by atoms with Crippen LogP contribution in [0.4, 0.5) is 5.69 Å². The monoisotopic (exact) mass is 502 g/mol. The molecule has 0 aromatic heterocycles. The van der Waals surface area contributed by atoms with Gasteiger partial charge < -0.3 is 20.9 Å². The number of likely N-dealkylation sites (tertiary alicyclic amines) is 1. The topological polar surface area (TPSA) is 157 Å². The minimum atomic E-state index is -1.05. The minimum absolute atomic E-state index is 0.271. The van der Waals surface area contributed by atoms with Crippen LogP contribution in [-0.4, -0.2) is 65.1 Å². The number of nitrogens with one attached hydrogen (secondary N) is 3. The van der Waals surface area contributed by atoms with Gasteiger partial charge >= 0.3 is 0 Å². The number of amides is 5. The van der Waals surface area contributed by atoms with E-state index in [1.54, 1.807) is 44.2 Å². The molecule has 36 heavy (non-hydrogen) atoms. The van der Waals surface area contributed by atoms with E-state index in [-0.39, 0.29) is 17.5 Å². The van der Waals surface area contributed by atoms with E-state index in [1.165, 1.54) is 25.7 Å². The normalized spacial score (nSPS) is 17.5. The van der Waals surface area contributed by atoms with Gasteiger partial charge in [-0.1, -0.05) is 32.0 Å². The van der Waals surface area contributed by atoms with E-state index < -0.39 is 47.8 Å². The summed E-state index contributed by atoms with van der Waals surface area (Å²) in [6, 6.07) is 4.50. The number of hydrogen-bond acceptors (Lipinski definition) is 7. The number of nitroso groups, excluding NO2 is 1. The zero-order valence-corrected chi connectivity index (χ0v) is 21.2. The molecule has 1 heterocycles. The van der Waals surface area contributed by atoms with Gasteiger partial charge in [-0.15, -0.1) is 4.91 Å². The van der Waals surface area contributed by atoms with Crippen LogP contribution in [0.15, 0.2) is 35.6 Å². The molecule has 1 fully saturated rings. The Morgan fingerprint density at radius 2 is 1.61 bits per heavy atom. The average Bonchev–Trinajstić information content (AvgIpc) is 3.32. The van der Waals surface area contributed by atoms with Gasteiger partial charge in [-0.3, -0.25) is 24.0 Å². The first-order chi connectivity index (χ1) is 17.0. The first-order valence-corrected chi connectivity index (χ1v) is 11.9. The largest absolute Gasteiger partial charge is 0.345 e. The van der Waals surface area contributed by atoms with Crippen LogP contribution in [0.5, 0.6) is 0 Å². The minimum Gasteiger partial charge on any atom is -0.345 e. The Bertz CT molecular complexity index is 985. The number of carbonyl (C=O) groups is 5. The molecule has 196 valence electrons. The number of rotatable bonds is 10. The summed E-state index contributed by atoms with van der Waals surface area (Å²) in [4.78, 5) is 75.6. The van der Waals surface area contributed by atoms with Crippen molar-refractivity contribution >= 4 is 35.2 Å². The molecule has 0 saturated carbocycles. The predicted molar refractivity (Wildman–Crippen MR) is 132 cm³/mol. The second-order valence-electron chi connectivity index (χ2n) is 9.14. The standard InChI is InChI=1S/C24H34N6O6/c1-14(2)20(24(35)30(28-36)18-10-7-6-8-11-18)27-22(33)19-12-9-13-29(19)23(34)16(4)26-21(32)15(3)25-17(5)31/h6-8,10-11,14-16,19-20H,9,12-13H2,1-5H3,(H,25,31)(H,26,32)(H,27,33)/t15-,16-,19-,20-/m0/s1. The highest BCUT2D eigenvalue weighted by Gasteiger charge is 2.39. The number of carbonyl (C=O) groups excluding carboxylic acids is 5. The molecule has 12 heteroatoms. The van der Waals surface area contributed by atoms with E-state index in [4.69, 9.17) is 0 Å². The maximum Gasteiger partial charge on any atom is 0.272 e. The molecule has 12 nitrogen and oxygen atoms in total. The van der Waals surface area contributed by atoms with Gasteiger partial charge in [0.1, 0.15) is 24.2 Å². The van der Waals surface area contributed by atoms with Gasteiger partial charge in [-0.2, -0.15) is 5.01 Å². The number of hydrogen-bond donors (Lipinski definition) is 3. The molecule has 0 spiro atoms. The van der Waals surface area contributed by atoms with E-state index in [2.05, 4.69) is 21.2 Å². The highest BCUT2D eigenvalue weighted by molar-refractivity contribution is 6.00. The lowest BCUT2D eigenvalue weighted by Gasteiger charge is -2.30. The number of para-hydroxylation sites is 1. The molecule has 0 unspecified atom stereocenters. The summed E-state index contributed by atoms with van der Waals surface area (Å²) in [5.74, 6) is -2.95. The van der Waals surface area contributed by atoms with Crippen molar-refractivity contribution in [2.24, 2.45) is 11.2 Å². The Hall–Kier alpha value is -3.83. The summed E-state index contributed by atoms with van der Waals surface area (Å²) in [6.45, 7) is 8.04. The van der Waals surface area contributed by atoms with Gasteiger partial charge in [0.15, 0.2) is 0 Å². The fraction of sp³-hybridized carbons (Fsp3) is 0.542. The molecule has 1 aromatic carbocycles. The highest BCUT2D eigenvalue weighted by Crippen LogP contribution is 2.21. The van der Waals surface area contributed by atoms with Crippen LogP contribution in [0.1, 0.15) is 47.5 Å². The SMILES string of the molecule is CC(=O)N[C@@H](C)C(=O)N[C@@H](C)C(=O)N1CCC[C@H]1C(=O)N[C@H](C(=O)N(N=O)c1ccccc1)C(C)C. The van der Waals surface area contributed by atoms with Gasteiger partial charge in [0.25, 0.3) is 5.91 Å². The number of benzene rings is 1. The van der Waals surface area contributed by atoms with Gasteiger partial charge in [0, 0.05) is 13.5 Å². The van der Waals surface area contributed by atoms with E-state index in [1.807, 2.05) is 0 Å². The zero-order chi connectivity index (χ0) is 27.0. The predicted octanol–water partition coefficient (Wildman–Crippen LogP) is 0.862. The van der Waals surface area contributed by atoms with Crippen LogP contribution in [-0.2, 0) is 24.0 Å². The first-order valence-electron chi connectivity index (χ1n) is 11.9. The maximum atomic E-state index is 13.2. The Balaban J connectivity index is 2.10. The van der Waals surface area contributed by atoms with Crippen LogP contribution in [0.3, 0.4) is 0 Å². The van der Waals surface area contributed by atoms with Crippen LogP contribution in [0.2, 0.25) is 0 Å². The summed E-state index contributed by atoms with van der Waals surface area (Å²) in [5.41, 5.74) is 0.271. The van der Waals surface area contributed by atoms with Crippen molar-refractivity contribution in [1.82, 2.24) is 20.9 Å². The molecule has 1 aliphatic rings. The van der Waals surface area contributed by atoms with Crippen molar-refractivity contribution in [3.63, 3.8) is 0 Å². The van der Waals surface area contributed by atoms with Crippen LogP contribution >= 0.6 is 0 Å². The molecular weight excluding hydrogens is 468 g/mol. The highest BCUT2D eigenvalue weighted by atomic mass is 16.3. The summed E-state index contributed by atoms with van der Waals surface area (Å²) in [5, 5.41) is 11.2. The van der Waals surface area contributed by atoms with Crippen molar-refractivity contribution in [2.75, 3.05) is 11.6 Å². The molecular formula is C24H34N6O6. The third-order valence-electron chi connectivity index (χ3n) is 5.90. The third-order valence-corrected chi connectivity index (χ3v) is 5.90. The van der Waals surface area contributed by atoms with Gasteiger partial charge in [0.05, 0.1) is 11.0 Å². The smallest absolute Gasteiger partial charge is 0.272 e. The second kappa shape index (κ2) is 12.8. The van der Waals surface area contributed by atoms with Crippen molar-refractivity contribution < 1.29 is 24.0 Å². The molecule has 4 atom stereocenters. The maximum absolute atomic E-state index is 13.2. The molecule has 3 N–H and O–H groups in total. The molecule has 1 aromatic rings. The quantitative estimate of drug-likeness (QED) is 0.318. The molecule has 0 radical (unpaired) electrons. The molecule has 1 saturated heterocycles. The van der Waals surface area contributed by atoms with Crippen LogP contribution < -0.4 is 21.0 Å².